The van der Waals surface area contributed by atoms with Crippen LogP contribution in [-0.4, -0.2) is 19.1 Å². The number of hydrogen-bond acceptors (Lipinski definition) is 2. The molecular weight excluding hydrogens is 609 g/mol. The molecule has 0 radical (unpaired) electrons. The van der Waals surface area contributed by atoms with Gasteiger partial charge in [0.15, 0.2) is 0 Å². The largest absolute Gasteiger partial charge is 0.292 e. The fraction of sp³-hybridized carbons (Fsp3) is 0. The van der Waals surface area contributed by atoms with Gasteiger partial charge < -0.3 is 0 Å². The Labute approximate surface area is 289 Å². The predicted molar refractivity (Wildman–Crippen MR) is 207 cm³/mol. The zero-order valence-electron chi connectivity index (χ0n) is 27.1. The number of imidazole rings is 2. The Balaban J connectivity index is 1.36. The van der Waals surface area contributed by atoms with Gasteiger partial charge in [0.1, 0.15) is 11.6 Å². The highest BCUT2D eigenvalue weighted by atomic mass is 15.1. The molecule has 0 unspecified atom stereocenters. The summed E-state index contributed by atoms with van der Waals surface area (Å²) in [5.41, 5.74) is 10.8. The average molecular weight is 639 g/mol. The van der Waals surface area contributed by atoms with Gasteiger partial charge in [0, 0.05) is 21.9 Å². The Hall–Kier alpha value is -6.78. The third-order valence-corrected chi connectivity index (χ3v) is 9.72. The number of nitrogens with zero attached hydrogens (tertiary/aromatic N) is 4. The van der Waals surface area contributed by atoms with Crippen LogP contribution in [0, 0.1) is 0 Å². The maximum atomic E-state index is 5.20. The molecule has 0 spiro atoms. The van der Waals surface area contributed by atoms with Crippen molar-refractivity contribution in [2.45, 2.75) is 0 Å². The summed E-state index contributed by atoms with van der Waals surface area (Å²) in [6.45, 7) is 0. The lowest BCUT2D eigenvalue weighted by Gasteiger charge is -2.19. The molecule has 10 rings (SSSR count). The predicted octanol–water partition coefficient (Wildman–Crippen LogP) is 11.7. The van der Waals surface area contributed by atoms with Crippen LogP contribution < -0.4 is 0 Å². The minimum atomic E-state index is 0.918. The minimum Gasteiger partial charge on any atom is -0.292 e. The van der Waals surface area contributed by atoms with Crippen LogP contribution in [0.1, 0.15) is 0 Å². The van der Waals surface area contributed by atoms with Gasteiger partial charge in [0.25, 0.3) is 0 Å². The van der Waals surface area contributed by atoms with E-state index in [4.69, 9.17) is 9.97 Å². The number of para-hydroxylation sites is 4. The summed E-state index contributed by atoms with van der Waals surface area (Å²) in [4.78, 5) is 10.4. The fourth-order valence-corrected chi connectivity index (χ4v) is 7.54. The quantitative estimate of drug-likeness (QED) is 0.176. The molecule has 0 N–H and O–H groups in total. The van der Waals surface area contributed by atoms with E-state index in [0.717, 1.165) is 67.0 Å². The lowest BCUT2D eigenvalue weighted by atomic mass is 9.90. The first-order valence-electron chi connectivity index (χ1n) is 16.9. The van der Waals surface area contributed by atoms with Gasteiger partial charge in [-0.15, -0.1) is 0 Å². The first-order chi connectivity index (χ1) is 24.8. The number of hydrogen-bond donors (Lipinski definition) is 0. The van der Waals surface area contributed by atoms with Crippen molar-refractivity contribution in [2.75, 3.05) is 0 Å². The molecule has 50 heavy (non-hydrogen) atoms. The van der Waals surface area contributed by atoms with E-state index in [1.807, 2.05) is 0 Å². The molecule has 2 aromatic heterocycles. The molecule has 8 aromatic carbocycles. The Kier molecular flexibility index (Phi) is 6.46. The number of rotatable bonds is 5. The highest BCUT2D eigenvalue weighted by Crippen LogP contribution is 2.43. The van der Waals surface area contributed by atoms with E-state index in [-0.39, 0.29) is 0 Å². The van der Waals surface area contributed by atoms with Gasteiger partial charge >= 0.3 is 0 Å². The van der Waals surface area contributed by atoms with E-state index in [9.17, 15) is 0 Å². The molecule has 0 aliphatic carbocycles. The molecule has 0 saturated carbocycles. The molecule has 0 atom stereocenters. The first kappa shape index (κ1) is 28.3. The molecule has 2 heterocycles. The van der Waals surface area contributed by atoms with Crippen molar-refractivity contribution in [3.63, 3.8) is 0 Å². The maximum absolute atomic E-state index is 5.20. The lowest BCUT2D eigenvalue weighted by Crippen LogP contribution is -2.01. The molecule has 10 aromatic rings. The Morgan fingerprint density at radius 1 is 0.320 bits per heavy atom. The van der Waals surface area contributed by atoms with Crippen LogP contribution in [0.5, 0.6) is 0 Å². The van der Waals surface area contributed by atoms with Crippen LogP contribution in [0.25, 0.3) is 88.9 Å². The van der Waals surface area contributed by atoms with Crippen LogP contribution in [-0.2, 0) is 0 Å². The van der Waals surface area contributed by atoms with Crippen molar-refractivity contribution < 1.29 is 0 Å². The zero-order valence-corrected chi connectivity index (χ0v) is 27.1. The highest BCUT2D eigenvalue weighted by molar-refractivity contribution is 6.17. The number of aromatic nitrogens is 4. The smallest absolute Gasteiger partial charge is 0.145 e. The van der Waals surface area contributed by atoms with Gasteiger partial charge in [-0.3, -0.25) is 9.13 Å². The fourth-order valence-electron chi connectivity index (χ4n) is 7.54. The van der Waals surface area contributed by atoms with Gasteiger partial charge in [-0.1, -0.05) is 140 Å². The lowest BCUT2D eigenvalue weighted by molar-refractivity contribution is 1.11. The summed E-state index contributed by atoms with van der Waals surface area (Å²) in [5.74, 6) is 1.84. The molecule has 0 bridgehead atoms. The van der Waals surface area contributed by atoms with Crippen LogP contribution in [0.2, 0.25) is 0 Å². The van der Waals surface area contributed by atoms with Crippen LogP contribution in [0.3, 0.4) is 0 Å². The standard InChI is InChI=1S/C46H30N4/c1-4-16-31(17-5-1)44-34-22-14-28-40(49-42-26-12-10-24-38(42)47-45(49)32-18-6-2-7-19-32)36(34)30-37-35(44)23-15-29-41(37)50-43-27-13-11-25-39(43)48-46(50)33-20-8-3-9-21-33/h1-30H. The van der Waals surface area contributed by atoms with E-state index in [1.54, 1.807) is 0 Å². The topological polar surface area (TPSA) is 35.6 Å². The maximum Gasteiger partial charge on any atom is 0.145 e. The van der Waals surface area contributed by atoms with Crippen LogP contribution in [0.4, 0.5) is 0 Å². The third kappa shape index (κ3) is 4.39. The summed E-state index contributed by atoms with van der Waals surface area (Å²) < 4.78 is 4.66. The van der Waals surface area contributed by atoms with Gasteiger partial charge in [-0.05, 0) is 64.4 Å². The number of benzene rings is 8. The Morgan fingerprint density at radius 3 is 1.18 bits per heavy atom. The Bertz CT molecular complexity index is 2670. The van der Waals surface area contributed by atoms with Crippen molar-refractivity contribution in [1.82, 2.24) is 19.1 Å². The van der Waals surface area contributed by atoms with Gasteiger partial charge in [-0.2, -0.15) is 0 Å². The molecule has 4 nitrogen and oxygen atoms in total. The second-order valence-corrected chi connectivity index (χ2v) is 12.6. The third-order valence-electron chi connectivity index (χ3n) is 9.72. The van der Waals surface area contributed by atoms with Crippen molar-refractivity contribution in [3.8, 4) is 45.3 Å². The first-order valence-corrected chi connectivity index (χ1v) is 16.9. The van der Waals surface area contributed by atoms with Crippen LogP contribution >= 0.6 is 0 Å². The highest BCUT2D eigenvalue weighted by Gasteiger charge is 2.21. The summed E-state index contributed by atoms with van der Waals surface area (Å²) >= 11 is 0. The summed E-state index contributed by atoms with van der Waals surface area (Å²) in [6.07, 6.45) is 0. The Morgan fingerprint density at radius 2 is 0.720 bits per heavy atom. The van der Waals surface area contributed by atoms with Crippen molar-refractivity contribution in [3.05, 3.63) is 182 Å². The monoisotopic (exact) mass is 638 g/mol. The van der Waals surface area contributed by atoms with Gasteiger partial charge in [0.2, 0.25) is 0 Å². The molecule has 0 aliphatic heterocycles. The second-order valence-electron chi connectivity index (χ2n) is 12.6. The summed E-state index contributed by atoms with van der Waals surface area (Å²) in [7, 11) is 0. The second kappa shape index (κ2) is 11.4. The van der Waals surface area contributed by atoms with E-state index in [0.29, 0.717) is 0 Å². The summed E-state index contributed by atoms with van der Waals surface area (Å²) in [5, 5.41) is 4.68. The normalized spacial score (nSPS) is 11.6. The average Bonchev–Trinajstić information content (AvgIpc) is 3.77. The van der Waals surface area contributed by atoms with E-state index < -0.39 is 0 Å². The van der Waals surface area contributed by atoms with Gasteiger partial charge in [-0.25, -0.2) is 9.97 Å². The van der Waals surface area contributed by atoms with E-state index in [2.05, 4.69) is 191 Å². The van der Waals surface area contributed by atoms with Gasteiger partial charge in [0.05, 0.1) is 33.4 Å². The molecule has 234 valence electrons. The van der Waals surface area contributed by atoms with Crippen LogP contribution in [0.15, 0.2) is 182 Å². The molecule has 0 amide bonds. The minimum absolute atomic E-state index is 0.918. The zero-order chi connectivity index (χ0) is 33.0. The molecule has 0 saturated heterocycles. The molecule has 0 fully saturated rings. The van der Waals surface area contributed by atoms with Crippen molar-refractivity contribution >= 4 is 43.6 Å². The number of fused-ring (bicyclic) bond motifs is 4. The molecule has 0 aliphatic rings. The molecular formula is C46H30N4. The SMILES string of the molecule is c1ccc(-c2c3cccc(-n4c(-c5ccccc5)nc5ccccc54)c3cc3c(-n4c(-c5ccccc5)nc5ccccc54)cccc23)cc1. The summed E-state index contributed by atoms with van der Waals surface area (Å²) in [6, 6.07) is 64.3. The molecule has 4 heteroatoms. The van der Waals surface area contributed by atoms with Crippen molar-refractivity contribution in [1.29, 1.82) is 0 Å². The van der Waals surface area contributed by atoms with E-state index in [1.165, 1.54) is 21.9 Å². The van der Waals surface area contributed by atoms with E-state index >= 15 is 0 Å². The van der Waals surface area contributed by atoms with Crippen molar-refractivity contribution in [2.24, 2.45) is 0 Å².